The molecule has 0 aliphatic carbocycles. The molecule has 0 aliphatic rings. The van der Waals surface area contributed by atoms with E-state index in [4.69, 9.17) is 5.26 Å². The van der Waals surface area contributed by atoms with Crippen LogP contribution in [0.5, 0.6) is 0 Å². The Hall–Kier alpha value is -1.91. The summed E-state index contributed by atoms with van der Waals surface area (Å²) in [7, 11) is -3.63. The summed E-state index contributed by atoms with van der Waals surface area (Å²) in [6.45, 7) is 0. The Bertz CT molecular complexity index is 656. The summed E-state index contributed by atoms with van der Waals surface area (Å²) in [4.78, 5) is 4.17. The van der Waals surface area contributed by atoms with Gasteiger partial charge < -0.3 is 0 Å². The molecule has 0 radical (unpaired) electrons. The Morgan fingerprint density at radius 1 is 1.35 bits per heavy atom. The van der Waals surface area contributed by atoms with Gasteiger partial charge in [0, 0.05) is 6.20 Å². The first kappa shape index (κ1) is 11.6. The number of thiophene rings is 1. The number of nitrogens with one attached hydrogen (secondary N) is 1. The molecule has 17 heavy (non-hydrogen) atoms. The van der Waals surface area contributed by atoms with Crippen LogP contribution in [0, 0.1) is 11.3 Å². The minimum absolute atomic E-state index is 0.109. The van der Waals surface area contributed by atoms with Crippen LogP contribution in [0.4, 0.5) is 5.69 Å². The van der Waals surface area contributed by atoms with Crippen molar-refractivity contribution in [1.29, 1.82) is 5.26 Å². The maximum absolute atomic E-state index is 11.9. The molecule has 0 aromatic carbocycles. The average Bonchev–Trinajstić information content (AvgIpc) is 2.79. The van der Waals surface area contributed by atoms with Crippen molar-refractivity contribution in [2.24, 2.45) is 0 Å². The lowest BCUT2D eigenvalue weighted by Crippen LogP contribution is -2.11. The topological polar surface area (TPSA) is 82.8 Å². The van der Waals surface area contributed by atoms with Crippen molar-refractivity contribution in [2.75, 3.05) is 4.72 Å². The summed E-state index contributed by atoms with van der Waals surface area (Å²) in [5.74, 6) is 0. The van der Waals surface area contributed by atoms with Gasteiger partial charge in [0.2, 0.25) is 0 Å². The maximum Gasteiger partial charge on any atom is 0.271 e. The fraction of sp³-hybridized carbons (Fsp3) is 0. The lowest BCUT2D eigenvalue weighted by molar-refractivity contribution is 0.603. The van der Waals surface area contributed by atoms with Crippen LogP contribution < -0.4 is 4.72 Å². The zero-order valence-corrected chi connectivity index (χ0v) is 10.1. The van der Waals surface area contributed by atoms with E-state index < -0.39 is 10.0 Å². The predicted octanol–water partition coefficient (Wildman–Crippen LogP) is 1.82. The van der Waals surface area contributed by atoms with Crippen molar-refractivity contribution < 1.29 is 8.42 Å². The molecule has 2 rings (SSSR count). The second-order valence-electron chi connectivity index (χ2n) is 3.08. The van der Waals surface area contributed by atoms with Crippen molar-refractivity contribution in [3.8, 4) is 6.07 Å². The van der Waals surface area contributed by atoms with E-state index in [-0.39, 0.29) is 4.21 Å². The van der Waals surface area contributed by atoms with E-state index in [0.29, 0.717) is 10.6 Å². The Kier molecular flexibility index (Phi) is 3.08. The molecule has 1 N–H and O–H groups in total. The van der Waals surface area contributed by atoms with Crippen LogP contribution in [-0.2, 0) is 10.0 Å². The molecule has 0 bridgehead atoms. The molecule has 0 amide bonds. The molecule has 7 heteroatoms. The van der Waals surface area contributed by atoms with Crippen LogP contribution in [0.1, 0.15) is 4.88 Å². The standard InChI is InChI=1S/C10H7N3O2S2/c11-6-9-3-4-10(16-9)17(14,15)13-8-2-1-5-12-7-8/h1-5,7,13H. The third-order valence-electron chi connectivity index (χ3n) is 1.87. The smallest absolute Gasteiger partial charge is 0.271 e. The van der Waals surface area contributed by atoms with Crippen LogP contribution in [0.2, 0.25) is 0 Å². The maximum atomic E-state index is 11.9. The molecule has 0 saturated heterocycles. The SMILES string of the molecule is N#Cc1ccc(S(=O)(=O)Nc2cccnc2)s1. The summed E-state index contributed by atoms with van der Waals surface area (Å²) < 4.78 is 26.3. The van der Waals surface area contributed by atoms with Gasteiger partial charge in [-0.25, -0.2) is 8.42 Å². The zero-order valence-electron chi connectivity index (χ0n) is 8.49. The number of nitrogens with zero attached hydrogens (tertiary/aromatic N) is 2. The van der Waals surface area contributed by atoms with Gasteiger partial charge in [-0.05, 0) is 24.3 Å². The van der Waals surface area contributed by atoms with E-state index in [0.717, 1.165) is 11.3 Å². The first-order valence-corrected chi connectivity index (χ1v) is 6.84. The number of anilines is 1. The Balaban J connectivity index is 2.29. The van der Waals surface area contributed by atoms with Crippen molar-refractivity contribution in [3.63, 3.8) is 0 Å². The second kappa shape index (κ2) is 4.53. The molecule has 0 atom stereocenters. The number of pyridine rings is 1. The number of hydrogen-bond donors (Lipinski definition) is 1. The molecule has 2 heterocycles. The summed E-state index contributed by atoms with van der Waals surface area (Å²) in [5, 5.41) is 8.64. The largest absolute Gasteiger partial charge is 0.277 e. The van der Waals surface area contributed by atoms with Crippen LogP contribution in [-0.4, -0.2) is 13.4 Å². The summed E-state index contributed by atoms with van der Waals surface area (Å²) >= 11 is 0.927. The van der Waals surface area contributed by atoms with Crippen LogP contribution in [0.15, 0.2) is 40.9 Å². The lowest BCUT2D eigenvalue weighted by Gasteiger charge is -2.04. The van der Waals surface area contributed by atoms with Crippen LogP contribution in [0.3, 0.4) is 0 Å². The molecule has 5 nitrogen and oxygen atoms in total. The van der Waals surface area contributed by atoms with Gasteiger partial charge in [-0.3, -0.25) is 9.71 Å². The van der Waals surface area contributed by atoms with Gasteiger partial charge in [-0.2, -0.15) is 5.26 Å². The molecular weight excluding hydrogens is 258 g/mol. The number of rotatable bonds is 3. The van der Waals surface area contributed by atoms with E-state index >= 15 is 0 Å². The van der Waals surface area contributed by atoms with Gasteiger partial charge in [0.05, 0.1) is 11.9 Å². The Labute approximate surface area is 102 Å². The third kappa shape index (κ3) is 2.61. The highest BCUT2D eigenvalue weighted by atomic mass is 32.2. The van der Waals surface area contributed by atoms with E-state index in [1.165, 1.54) is 18.3 Å². The molecule has 2 aromatic heterocycles. The molecule has 0 unspecified atom stereocenters. The van der Waals surface area contributed by atoms with E-state index in [9.17, 15) is 8.42 Å². The van der Waals surface area contributed by atoms with Crippen LogP contribution in [0.25, 0.3) is 0 Å². The highest BCUT2D eigenvalue weighted by Gasteiger charge is 2.16. The molecule has 0 saturated carbocycles. The normalized spacial score (nSPS) is 10.8. The molecule has 2 aromatic rings. The number of nitriles is 1. The molecule has 0 fully saturated rings. The fourth-order valence-electron chi connectivity index (χ4n) is 1.15. The molecule has 0 aliphatic heterocycles. The quantitative estimate of drug-likeness (QED) is 0.917. The summed E-state index contributed by atoms with van der Waals surface area (Å²) in [5.41, 5.74) is 0.388. The van der Waals surface area contributed by atoms with Crippen LogP contribution >= 0.6 is 11.3 Å². The predicted molar refractivity (Wildman–Crippen MR) is 64.1 cm³/mol. The highest BCUT2D eigenvalue weighted by molar-refractivity contribution is 7.94. The van der Waals surface area contributed by atoms with Gasteiger partial charge in [-0.1, -0.05) is 0 Å². The third-order valence-corrected chi connectivity index (χ3v) is 4.73. The van der Waals surface area contributed by atoms with E-state index in [1.54, 1.807) is 18.3 Å². The second-order valence-corrected chi connectivity index (χ2v) is 6.07. The minimum Gasteiger partial charge on any atom is -0.277 e. The van der Waals surface area contributed by atoms with Gasteiger partial charge in [0.25, 0.3) is 10.0 Å². The highest BCUT2D eigenvalue weighted by Crippen LogP contribution is 2.22. The van der Waals surface area contributed by atoms with Crippen molar-refractivity contribution in [2.45, 2.75) is 4.21 Å². The van der Waals surface area contributed by atoms with Crippen molar-refractivity contribution >= 4 is 27.0 Å². The van der Waals surface area contributed by atoms with Crippen molar-refractivity contribution in [3.05, 3.63) is 41.5 Å². The van der Waals surface area contributed by atoms with Gasteiger partial charge in [0.1, 0.15) is 15.2 Å². The molecule has 0 spiro atoms. The number of aromatic nitrogens is 1. The number of sulfonamides is 1. The van der Waals surface area contributed by atoms with E-state index in [1.807, 2.05) is 6.07 Å². The van der Waals surface area contributed by atoms with Gasteiger partial charge >= 0.3 is 0 Å². The average molecular weight is 265 g/mol. The number of hydrogen-bond acceptors (Lipinski definition) is 5. The molecular formula is C10H7N3O2S2. The van der Waals surface area contributed by atoms with Gasteiger partial charge in [0.15, 0.2) is 0 Å². The minimum atomic E-state index is -3.63. The monoisotopic (exact) mass is 265 g/mol. The first-order valence-electron chi connectivity index (χ1n) is 4.54. The Morgan fingerprint density at radius 2 is 2.18 bits per heavy atom. The summed E-state index contributed by atoms with van der Waals surface area (Å²) in [6, 6.07) is 8.01. The summed E-state index contributed by atoms with van der Waals surface area (Å²) in [6.07, 6.45) is 2.97. The van der Waals surface area contributed by atoms with Crippen molar-refractivity contribution in [1.82, 2.24) is 4.98 Å². The molecule has 86 valence electrons. The van der Waals surface area contributed by atoms with E-state index in [2.05, 4.69) is 9.71 Å². The van der Waals surface area contributed by atoms with Gasteiger partial charge in [-0.15, -0.1) is 11.3 Å². The lowest BCUT2D eigenvalue weighted by atomic mass is 10.4. The zero-order chi connectivity index (χ0) is 12.3. The fourth-order valence-corrected chi connectivity index (χ4v) is 3.30. The Morgan fingerprint density at radius 3 is 2.76 bits per heavy atom. The first-order chi connectivity index (χ1) is 8.12.